The molecule has 0 fully saturated rings. The van der Waals surface area contributed by atoms with Crippen LogP contribution in [0.3, 0.4) is 0 Å². The van der Waals surface area contributed by atoms with Crippen molar-refractivity contribution in [1.82, 2.24) is 9.55 Å². The summed E-state index contributed by atoms with van der Waals surface area (Å²) in [6.45, 7) is 2.90. The number of ether oxygens (including phenoxy) is 2. The molecule has 29 heavy (non-hydrogen) atoms. The SMILES string of the molecule is COc1cc2c(cc1OC)-c1cnc(NC(C)c3ccc(F)cc3Br)n1CCC2. The van der Waals surface area contributed by atoms with Crippen LogP contribution in [-0.4, -0.2) is 23.8 Å². The molecule has 1 aliphatic rings. The molecule has 1 aliphatic heterocycles. The highest BCUT2D eigenvalue weighted by atomic mass is 79.9. The summed E-state index contributed by atoms with van der Waals surface area (Å²) in [7, 11) is 3.30. The van der Waals surface area contributed by atoms with Crippen molar-refractivity contribution < 1.29 is 13.9 Å². The molecular formula is C22H23BrFN3O2. The predicted octanol–water partition coefficient (Wildman–Crippen LogP) is 5.59. The van der Waals surface area contributed by atoms with E-state index < -0.39 is 0 Å². The van der Waals surface area contributed by atoms with Gasteiger partial charge >= 0.3 is 0 Å². The van der Waals surface area contributed by atoms with Crippen LogP contribution in [0, 0.1) is 5.82 Å². The van der Waals surface area contributed by atoms with E-state index >= 15 is 0 Å². The Kier molecular flexibility index (Phi) is 5.50. The summed E-state index contributed by atoms with van der Waals surface area (Å²) < 4.78 is 27.3. The molecule has 2 aromatic carbocycles. The second kappa shape index (κ2) is 8.06. The largest absolute Gasteiger partial charge is 0.493 e. The third kappa shape index (κ3) is 3.71. The average molecular weight is 460 g/mol. The summed E-state index contributed by atoms with van der Waals surface area (Å²) >= 11 is 3.46. The van der Waals surface area contributed by atoms with Gasteiger partial charge in [0.05, 0.1) is 32.2 Å². The Morgan fingerprint density at radius 1 is 1.17 bits per heavy atom. The van der Waals surface area contributed by atoms with Crippen LogP contribution in [0.4, 0.5) is 10.3 Å². The van der Waals surface area contributed by atoms with Crippen LogP contribution < -0.4 is 14.8 Å². The van der Waals surface area contributed by atoms with Crippen LogP contribution in [0.15, 0.2) is 41.0 Å². The van der Waals surface area contributed by atoms with E-state index in [4.69, 9.17) is 9.47 Å². The number of nitrogens with one attached hydrogen (secondary N) is 1. The fraction of sp³-hybridized carbons (Fsp3) is 0.318. The number of imidazole rings is 1. The number of rotatable bonds is 5. The highest BCUT2D eigenvalue weighted by molar-refractivity contribution is 9.10. The number of hydrogen-bond acceptors (Lipinski definition) is 4. The summed E-state index contributed by atoms with van der Waals surface area (Å²) in [6.07, 6.45) is 3.84. The number of benzene rings is 2. The molecule has 1 N–H and O–H groups in total. The van der Waals surface area contributed by atoms with Crippen molar-refractivity contribution in [2.24, 2.45) is 0 Å². The van der Waals surface area contributed by atoms with Gasteiger partial charge in [-0.25, -0.2) is 9.37 Å². The Balaban J connectivity index is 1.70. The van der Waals surface area contributed by atoms with Gasteiger partial charge in [-0.2, -0.15) is 0 Å². The molecule has 3 aromatic rings. The number of fused-ring (bicyclic) bond motifs is 3. The summed E-state index contributed by atoms with van der Waals surface area (Å²) in [5.41, 5.74) is 4.36. The molecule has 1 atom stereocenters. The number of anilines is 1. The Labute approximate surface area is 178 Å². The second-order valence-corrected chi connectivity index (χ2v) is 7.97. The van der Waals surface area contributed by atoms with Crippen molar-refractivity contribution in [3.8, 4) is 22.8 Å². The quantitative estimate of drug-likeness (QED) is 0.540. The van der Waals surface area contributed by atoms with Crippen LogP contribution in [0.1, 0.15) is 30.5 Å². The Morgan fingerprint density at radius 3 is 2.66 bits per heavy atom. The molecule has 0 saturated carbocycles. The minimum absolute atomic E-state index is 0.0374. The molecule has 0 aliphatic carbocycles. The first-order valence-corrected chi connectivity index (χ1v) is 10.3. The molecule has 152 valence electrons. The van der Waals surface area contributed by atoms with E-state index in [1.165, 1.54) is 17.7 Å². The second-order valence-electron chi connectivity index (χ2n) is 7.12. The van der Waals surface area contributed by atoms with Gasteiger partial charge in [-0.05, 0) is 55.2 Å². The van der Waals surface area contributed by atoms with E-state index in [9.17, 15) is 4.39 Å². The number of nitrogens with zero attached hydrogens (tertiary/aromatic N) is 2. The predicted molar refractivity (Wildman–Crippen MR) is 115 cm³/mol. The van der Waals surface area contributed by atoms with Gasteiger partial charge in [-0.15, -0.1) is 0 Å². The normalized spacial score (nSPS) is 13.8. The maximum absolute atomic E-state index is 13.4. The summed E-state index contributed by atoms with van der Waals surface area (Å²) in [5.74, 6) is 1.99. The summed E-state index contributed by atoms with van der Waals surface area (Å²) in [4.78, 5) is 4.64. The van der Waals surface area contributed by atoms with Crippen molar-refractivity contribution in [2.45, 2.75) is 32.4 Å². The number of halogens is 2. The fourth-order valence-electron chi connectivity index (χ4n) is 3.85. The fourth-order valence-corrected chi connectivity index (χ4v) is 4.54. The van der Waals surface area contributed by atoms with Crippen molar-refractivity contribution in [2.75, 3.05) is 19.5 Å². The molecule has 0 bridgehead atoms. The summed E-state index contributed by atoms with van der Waals surface area (Å²) in [5, 5.41) is 3.48. The van der Waals surface area contributed by atoms with Crippen molar-refractivity contribution in [3.63, 3.8) is 0 Å². The van der Waals surface area contributed by atoms with E-state index in [0.717, 1.165) is 52.4 Å². The molecule has 7 heteroatoms. The monoisotopic (exact) mass is 459 g/mol. The lowest BCUT2D eigenvalue weighted by Crippen LogP contribution is -2.13. The number of aryl methyl sites for hydroxylation is 1. The highest BCUT2D eigenvalue weighted by Crippen LogP contribution is 2.39. The molecule has 1 unspecified atom stereocenters. The maximum Gasteiger partial charge on any atom is 0.203 e. The third-order valence-electron chi connectivity index (χ3n) is 5.34. The smallest absolute Gasteiger partial charge is 0.203 e. The molecule has 0 radical (unpaired) electrons. The minimum Gasteiger partial charge on any atom is -0.493 e. The summed E-state index contributed by atoms with van der Waals surface area (Å²) in [6, 6.07) is 8.79. The lowest BCUT2D eigenvalue weighted by Gasteiger charge is -2.18. The van der Waals surface area contributed by atoms with Gasteiger partial charge in [0.25, 0.3) is 0 Å². The van der Waals surface area contributed by atoms with E-state index in [0.29, 0.717) is 5.75 Å². The molecule has 5 nitrogen and oxygen atoms in total. The van der Waals surface area contributed by atoms with Gasteiger partial charge in [0, 0.05) is 16.6 Å². The van der Waals surface area contributed by atoms with Crippen LogP contribution in [0.25, 0.3) is 11.3 Å². The number of hydrogen-bond donors (Lipinski definition) is 1. The van der Waals surface area contributed by atoms with Gasteiger partial charge in [-0.1, -0.05) is 22.0 Å². The van der Waals surface area contributed by atoms with Gasteiger partial charge < -0.3 is 19.4 Å². The van der Waals surface area contributed by atoms with E-state index in [1.807, 2.05) is 19.2 Å². The van der Waals surface area contributed by atoms with Crippen LogP contribution in [-0.2, 0) is 13.0 Å². The first kappa shape index (κ1) is 19.8. The first-order valence-electron chi connectivity index (χ1n) is 9.54. The topological polar surface area (TPSA) is 48.3 Å². The maximum atomic E-state index is 13.4. The Hall–Kier alpha value is -2.54. The minimum atomic E-state index is -0.261. The highest BCUT2D eigenvalue weighted by Gasteiger charge is 2.22. The van der Waals surface area contributed by atoms with E-state index in [2.05, 4.69) is 36.9 Å². The van der Waals surface area contributed by atoms with E-state index in [-0.39, 0.29) is 11.9 Å². The zero-order valence-electron chi connectivity index (χ0n) is 16.6. The Bertz CT molecular complexity index is 1050. The van der Waals surface area contributed by atoms with E-state index in [1.54, 1.807) is 20.3 Å². The third-order valence-corrected chi connectivity index (χ3v) is 6.03. The average Bonchev–Trinajstić information content (AvgIpc) is 3.00. The molecule has 0 saturated heterocycles. The zero-order valence-corrected chi connectivity index (χ0v) is 18.2. The molecule has 1 aromatic heterocycles. The molecule has 0 spiro atoms. The molecule has 0 amide bonds. The number of methoxy groups -OCH3 is 2. The van der Waals surface area contributed by atoms with Crippen LogP contribution in [0.5, 0.6) is 11.5 Å². The lowest BCUT2D eigenvalue weighted by molar-refractivity contribution is 0.354. The van der Waals surface area contributed by atoms with Gasteiger partial charge in [0.2, 0.25) is 5.95 Å². The van der Waals surface area contributed by atoms with Crippen LogP contribution in [0.2, 0.25) is 0 Å². The molecule has 4 rings (SSSR count). The van der Waals surface area contributed by atoms with Gasteiger partial charge in [-0.3, -0.25) is 0 Å². The zero-order chi connectivity index (χ0) is 20.5. The first-order chi connectivity index (χ1) is 14.0. The standard InChI is InChI=1S/C22H23BrFN3O2/c1-13(16-7-6-15(24)10-18(16)23)26-22-25-12-19-17-11-21(29-3)20(28-2)9-14(17)5-4-8-27(19)22/h6-7,9-13H,4-5,8H2,1-3H3,(H,25,26). The van der Waals surface area contributed by atoms with Gasteiger partial charge in [0.15, 0.2) is 11.5 Å². The van der Waals surface area contributed by atoms with Crippen LogP contribution >= 0.6 is 15.9 Å². The molecule has 2 heterocycles. The van der Waals surface area contributed by atoms with Gasteiger partial charge in [0.1, 0.15) is 5.82 Å². The van der Waals surface area contributed by atoms with Crippen molar-refractivity contribution in [3.05, 3.63) is 57.9 Å². The van der Waals surface area contributed by atoms with Crippen molar-refractivity contribution >= 4 is 21.9 Å². The lowest BCUT2D eigenvalue weighted by atomic mass is 10.0. The van der Waals surface area contributed by atoms with Crippen molar-refractivity contribution in [1.29, 1.82) is 0 Å². The Morgan fingerprint density at radius 2 is 1.93 bits per heavy atom. The molecular weight excluding hydrogens is 437 g/mol. The number of aromatic nitrogens is 2.